The number of allylic oxidation sites excluding steroid dienone is 2. The quantitative estimate of drug-likeness (QED) is 0.506. The summed E-state index contributed by atoms with van der Waals surface area (Å²) in [6.45, 7) is 0. The first-order valence-electron chi connectivity index (χ1n) is 5.39. The topological polar surface area (TPSA) is 97.3 Å². The molecule has 0 spiro atoms. The number of carbonyl (C=O) groups excluding carboxylic acids is 3. The van der Waals surface area contributed by atoms with Gasteiger partial charge < -0.3 is 19.8 Å². The Hall–Kier alpha value is -0.690. The summed E-state index contributed by atoms with van der Waals surface area (Å²) in [5, 5.41) is 20.2. The second-order valence-electron chi connectivity index (χ2n) is 3.60. The van der Waals surface area contributed by atoms with Gasteiger partial charge in [-0.3, -0.25) is 4.79 Å². The molecule has 0 bridgehead atoms. The zero-order chi connectivity index (χ0) is 14.3. The third-order valence-corrected chi connectivity index (χ3v) is 2.22. The van der Waals surface area contributed by atoms with E-state index in [-0.39, 0.29) is 82.5 Å². The molecule has 0 heterocycles. The molecule has 5 nitrogen and oxygen atoms in total. The van der Waals surface area contributed by atoms with Crippen molar-refractivity contribution in [3.63, 3.8) is 0 Å². The summed E-state index contributed by atoms with van der Waals surface area (Å²) in [5.41, 5.74) is 0.303. The Morgan fingerprint density at radius 2 is 1.48 bits per heavy atom. The van der Waals surface area contributed by atoms with Crippen LogP contribution in [0.25, 0.3) is 0 Å². The first kappa shape index (κ1) is 22.6. The molecule has 1 aromatic carbocycles. The van der Waals surface area contributed by atoms with E-state index < -0.39 is 11.9 Å². The molecule has 0 saturated carbocycles. The van der Waals surface area contributed by atoms with Crippen molar-refractivity contribution in [2.75, 3.05) is 0 Å². The van der Waals surface area contributed by atoms with E-state index in [1.807, 2.05) is 0 Å². The first-order chi connectivity index (χ1) is 9.00. The van der Waals surface area contributed by atoms with E-state index in [1.165, 1.54) is 30.4 Å². The van der Waals surface area contributed by atoms with E-state index in [4.69, 9.17) is 0 Å². The van der Waals surface area contributed by atoms with Crippen LogP contribution in [0.2, 0.25) is 0 Å². The van der Waals surface area contributed by atoms with Gasteiger partial charge in [-0.1, -0.05) is 36.4 Å². The molecule has 2 rings (SSSR count). The van der Waals surface area contributed by atoms with Gasteiger partial charge in [-0.15, -0.1) is 0 Å². The second kappa shape index (κ2) is 11.9. The van der Waals surface area contributed by atoms with Crippen LogP contribution in [0.15, 0.2) is 54.1 Å². The van der Waals surface area contributed by atoms with E-state index in [0.717, 1.165) is 0 Å². The van der Waals surface area contributed by atoms with E-state index in [9.17, 15) is 24.6 Å². The fraction of sp³-hybridized carbons (Fsp3) is 0.0714. The van der Waals surface area contributed by atoms with E-state index >= 15 is 0 Å². The minimum Gasteiger partial charge on any atom is -0.545 e. The Balaban J connectivity index is 0. The van der Waals surface area contributed by atoms with Gasteiger partial charge in [0, 0.05) is 6.42 Å². The van der Waals surface area contributed by atoms with Gasteiger partial charge in [0.2, 0.25) is 0 Å². The third-order valence-electron chi connectivity index (χ3n) is 2.22. The predicted molar refractivity (Wildman–Crippen MR) is 62.6 cm³/mol. The van der Waals surface area contributed by atoms with Crippen molar-refractivity contribution in [2.45, 2.75) is 6.42 Å². The summed E-state index contributed by atoms with van der Waals surface area (Å²) in [5.74, 6) is -2.44. The molecule has 0 aliphatic heterocycles. The Bertz CT molecular complexity index is 550. The van der Waals surface area contributed by atoms with Gasteiger partial charge in [0.25, 0.3) is 0 Å². The van der Waals surface area contributed by atoms with Crippen molar-refractivity contribution < 1.29 is 83.7 Å². The molecular formula is C14H10Na2O5. The summed E-state index contributed by atoms with van der Waals surface area (Å²) in [6, 6.07) is 8.06. The zero-order valence-electron chi connectivity index (χ0n) is 11.9. The molecule has 1 aromatic rings. The fourth-order valence-electron chi connectivity index (χ4n) is 1.25. The SMILES string of the molecule is O=C([O-])c1ccccc1.O=C1C=CC(C(=O)[O-])=CC1.[Na+].[Na+]. The molecular weight excluding hydrogens is 294 g/mol. The van der Waals surface area contributed by atoms with E-state index in [1.54, 1.807) is 18.2 Å². The number of rotatable bonds is 2. The molecule has 0 unspecified atom stereocenters. The van der Waals surface area contributed by atoms with Crippen molar-refractivity contribution in [1.29, 1.82) is 0 Å². The van der Waals surface area contributed by atoms with Crippen LogP contribution in [0.4, 0.5) is 0 Å². The number of aliphatic carboxylic acids is 1. The number of ketones is 1. The smallest absolute Gasteiger partial charge is 0.545 e. The van der Waals surface area contributed by atoms with Crippen LogP contribution in [0.1, 0.15) is 16.8 Å². The molecule has 0 radical (unpaired) electrons. The minimum atomic E-state index is -1.23. The van der Waals surface area contributed by atoms with Crippen LogP contribution in [-0.2, 0) is 9.59 Å². The molecule has 0 N–H and O–H groups in total. The maximum absolute atomic E-state index is 10.5. The van der Waals surface area contributed by atoms with E-state index in [2.05, 4.69) is 0 Å². The van der Waals surface area contributed by atoms with Crippen molar-refractivity contribution in [1.82, 2.24) is 0 Å². The third kappa shape index (κ3) is 9.03. The average molecular weight is 304 g/mol. The van der Waals surface area contributed by atoms with Gasteiger partial charge in [-0.25, -0.2) is 0 Å². The molecule has 98 valence electrons. The standard InChI is InChI=1S/C7H6O3.C7H6O2.2Na/c8-6-3-1-5(2-4-6)7(9)10;8-7(9)6-4-2-1-3-5-6;;/h1-3H,4H2,(H,9,10);1-5H,(H,8,9);;/q;;2*+1/p-2. The maximum Gasteiger partial charge on any atom is 1.00 e. The van der Waals surface area contributed by atoms with Gasteiger partial charge in [0.1, 0.15) is 0 Å². The van der Waals surface area contributed by atoms with Gasteiger partial charge in [0.05, 0.1) is 11.9 Å². The molecule has 7 heteroatoms. The number of hydrogen-bond acceptors (Lipinski definition) is 5. The van der Waals surface area contributed by atoms with Crippen LogP contribution in [0.3, 0.4) is 0 Å². The molecule has 1 aliphatic rings. The van der Waals surface area contributed by atoms with Crippen LogP contribution in [0.5, 0.6) is 0 Å². The molecule has 0 saturated heterocycles. The largest absolute Gasteiger partial charge is 1.00 e. The average Bonchev–Trinajstić information content (AvgIpc) is 2.41. The van der Waals surface area contributed by atoms with Crippen molar-refractivity contribution >= 4 is 17.7 Å². The van der Waals surface area contributed by atoms with Crippen molar-refractivity contribution in [2.24, 2.45) is 0 Å². The van der Waals surface area contributed by atoms with Gasteiger partial charge in [-0.2, -0.15) is 0 Å². The van der Waals surface area contributed by atoms with Crippen LogP contribution >= 0.6 is 0 Å². The minimum absolute atomic E-state index is 0. The number of carboxylic acids is 2. The predicted octanol–water partition coefficient (Wildman–Crippen LogP) is -6.75. The summed E-state index contributed by atoms with van der Waals surface area (Å²) in [4.78, 5) is 30.7. The van der Waals surface area contributed by atoms with Crippen LogP contribution in [-0.4, -0.2) is 17.7 Å². The zero-order valence-corrected chi connectivity index (χ0v) is 15.9. The molecule has 0 fully saturated rings. The van der Waals surface area contributed by atoms with E-state index in [0.29, 0.717) is 0 Å². The molecule has 0 amide bonds. The van der Waals surface area contributed by atoms with Gasteiger partial charge in [-0.05, 0) is 23.3 Å². The van der Waals surface area contributed by atoms with Gasteiger partial charge in [0.15, 0.2) is 5.78 Å². The number of carbonyl (C=O) groups is 3. The summed E-state index contributed by atoms with van der Waals surface area (Å²) < 4.78 is 0. The number of carboxylic acid groups (broad SMARTS) is 2. The number of hydrogen-bond donors (Lipinski definition) is 0. The molecule has 0 atom stereocenters. The number of benzene rings is 1. The van der Waals surface area contributed by atoms with Gasteiger partial charge >= 0.3 is 59.1 Å². The molecule has 0 aromatic heterocycles. The Morgan fingerprint density at radius 3 is 1.81 bits per heavy atom. The molecule has 21 heavy (non-hydrogen) atoms. The Morgan fingerprint density at radius 1 is 0.905 bits per heavy atom. The first-order valence-corrected chi connectivity index (χ1v) is 5.39. The number of aromatic carboxylic acids is 1. The maximum atomic E-state index is 10.5. The second-order valence-corrected chi connectivity index (χ2v) is 3.60. The van der Waals surface area contributed by atoms with Crippen LogP contribution in [0, 0.1) is 0 Å². The normalized spacial score (nSPS) is 11.8. The molecule has 1 aliphatic carbocycles. The van der Waals surface area contributed by atoms with Crippen molar-refractivity contribution in [3.05, 3.63) is 59.7 Å². The summed E-state index contributed by atoms with van der Waals surface area (Å²) in [7, 11) is 0. The Kier molecular flexibility index (Phi) is 12.8. The monoisotopic (exact) mass is 304 g/mol. The van der Waals surface area contributed by atoms with Crippen LogP contribution < -0.4 is 69.3 Å². The summed E-state index contributed by atoms with van der Waals surface area (Å²) >= 11 is 0. The fourth-order valence-corrected chi connectivity index (χ4v) is 1.25. The van der Waals surface area contributed by atoms with Crippen molar-refractivity contribution in [3.8, 4) is 0 Å². The Labute approximate surface area is 166 Å². The summed E-state index contributed by atoms with van der Waals surface area (Å²) in [6.07, 6.45) is 4.00.